The number of nitrogens with zero attached hydrogens (tertiary/aromatic N) is 1. The largest absolute Gasteiger partial charge is 0.486 e. The van der Waals surface area contributed by atoms with Crippen LogP contribution in [0.2, 0.25) is 0 Å². The molecule has 0 bridgehead atoms. The standard InChI is InChI=1S/C20H18N2O4S/c1-13-3-9-16(10-4-13)26-11-18-22-17(12-27-18)19(23)21-15-7-5-14(6-8-15)20(24)25-2/h3-10,12H,11H2,1-2H3,(H,21,23). The van der Waals surface area contributed by atoms with E-state index in [4.69, 9.17) is 4.74 Å². The van der Waals surface area contributed by atoms with Crippen LogP contribution >= 0.6 is 11.3 Å². The minimum Gasteiger partial charge on any atom is -0.486 e. The predicted octanol–water partition coefficient (Wildman–Crippen LogP) is 4.07. The van der Waals surface area contributed by atoms with Gasteiger partial charge < -0.3 is 14.8 Å². The van der Waals surface area contributed by atoms with Gasteiger partial charge in [0.1, 0.15) is 23.1 Å². The van der Waals surface area contributed by atoms with Crippen LogP contribution in [0.25, 0.3) is 0 Å². The quantitative estimate of drug-likeness (QED) is 0.650. The first-order valence-electron chi connectivity index (χ1n) is 8.19. The molecule has 0 aliphatic carbocycles. The number of esters is 1. The van der Waals surface area contributed by atoms with Gasteiger partial charge in [0.25, 0.3) is 5.91 Å². The third-order valence-corrected chi connectivity index (χ3v) is 4.55. The molecular formula is C20H18N2O4S. The number of amides is 1. The zero-order valence-electron chi connectivity index (χ0n) is 14.9. The van der Waals surface area contributed by atoms with Crippen molar-refractivity contribution in [2.24, 2.45) is 0 Å². The van der Waals surface area contributed by atoms with Gasteiger partial charge in [-0.25, -0.2) is 9.78 Å². The Hall–Kier alpha value is -3.19. The van der Waals surface area contributed by atoms with Crippen LogP contribution in [0.4, 0.5) is 5.69 Å². The molecule has 0 fully saturated rings. The van der Waals surface area contributed by atoms with Crippen molar-refractivity contribution in [1.82, 2.24) is 4.98 Å². The number of aryl methyl sites for hydroxylation is 1. The maximum atomic E-state index is 12.3. The van der Waals surface area contributed by atoms with E-state index in [0.717, 1.165) is 11.3 Å². The average molecular weight is 382 g/mol. The van der Waals surface area contributed by atoms with Crippen LogP contribution in [0.1, 0.15) is 31.4 Å². The Morgan fingerprint density at radius 3 is 2.44 bits per heavy atom. The lowest BCUT2D eigenvalue weighted by atomic mass is 10.2. The van der Waals surface area contributed by atoms with Gasteiger partial charge in [0.05, 0.1) is 12.7 Å². The number of thiazole rings is 1. The van der Waals surface area contributed by atoms with E-state index in [2.05, 4.69) is 15.0 Å². The van der Waals surface area contributed by atoms with Gasteiger partial charge in [-0.2, -0.15) is 0 Å². The number of hydrogen-bond acceptors (Lipinski definition) is 6. The Labute approximate surface area is 160 Å². The number of anilines is 1. The fourth-order valence-electron chi connectivity index (χ4n) is 2.26. The highest BCUT2D eigenvalue weighted by Crippen LogP contribution is 2.17. The Morgan fingerprint density at radius 2 is 1.78 bits per heavy atom. The minimum atomic E-state index is -0.425. The van der Waals surface area contributed by atoms with Crippen molar-refractivity contribution in [3.8, 4) is 5.75 Å². The fraction of sp³-hybridized carbons (Fsp3) is 0.150. The molecule has 3 rings (SSSR count). The van der Waals surface area contributed by atoms with Gasteiger partial charge in [-0.05, 0) is 43.3 Å². The maximum absolute atomic E-state index is 12.3. The van der Waals surface area contributed by atoms with Crippen molar-refractivity contribution in [1.29, 1.82) is 0 Å². The Kier molecular flexibility index (Phi) is 5.83. The average Bonchev–Trinajstić information content (AvgIpc) is 3.17. The van der Waals surface area contributed by atoms with E-state index in [0.29, 0.717) is 28.6 Å². The highest BCUT2D eigenvalue weighted by molar-refractivity contribution is 7.09. The molecule has 0 aliphatic rings. The molecule has 27 heavy (non-hydrogen) atoms. The highest BCUT2D eigenvalue weighted by Gasteiger charge is 2.12. The number of carbonyl (C=O) groups is 2. The summed E-state index contributed by atoms with van der Waals surface area (Å²) in [6.07, 6.45) is 0. The van der Waals surface area contributed by atoms with Crippen molar-refractivity contribution < 1.29 is 19.1 Å². The lowest BCUT2D eigenvalue weighted by molar-refractivity contribution is 0.0600. The second-order valence-electron chi connectivity index (χ2n) is 5.75. The van der Waals surface area contributed by atoms with Crippen molar-refractivity contribution >= 4 is 28.9 Å². The molecule has 3 aromatic rings. The predicted molar refractivity (Wildman–Crippen MR) is 103 cm³/mol. The first-order valence-corrected chi connectivity index (χ1v) is 9.07. The molecule has 1 heterocycles. The molecule has 0 atom stereocenters. The number of carbonyl (C=O) groups excluding carboxylic acids is 2. The number of nitrogens with one attached hydrogen (secondary N) is 1. The van der Waals surface area contributed by atoms with Crippen LogP contribution < -0.4 is 10.1 Å². The van der Waals surface area contributed by atoms with Crippen molar-refractivity contribution in [2.75, 3.05) is 12.4 Å². The van der Waals surface area contributed by atoms with Gasteiger partial charge in [0, 0.05) is 11.1 Å². The summed E-state index contributed by atoms with van der Waals surface area (Å²) in [6, 6.07) is 14.2. The molecule has 138 valence electrons. The van der Waals surface area contributed by atoms with Gasteiger partial charge in [0.2, 0.25) is 0 Å². The van der Waals surface area contributed by atoms with Crippen molar-refractivity contribution in [3.05, 3.63) is 75.7 Å². The zero-order valence-corrected chi connectivity index (χ0v) is 15.7. The zero-order chi connectivity index (χ0) is 19.2. The first kappa shape index (κ1) is 18.6. The molecule has 0 spiro atoms. The van der Waals surface area contributed by atoms with E-state index < -0.39 is 5.97 Å². The molecule has 0 aliphatic heterocycles. The third kappa shape index (κ3) is 4.92. The second-order valence-corrected chi connectivity index (χ2v) is 6.69. The van der Waals surface area contributed by atoms with Gasteiger partial charge in [-0.3, -0.25) is 4.79 Å². The van der Waals surface area contributed by atoms with Crippen LogP contribution in [0.3, 0.4) is 0 Å². The monoisotopic (exact) mass is 382 g/mol. The van der Waals surface area contributed by atoms with E-state index in [-0.39, 0.29) is 5.91 Å². The fourth-order valence-corrected chi connectivity index (χ4v) is 2.95. The Balaban J connectivity index is 1.57. The molecule has 1 aromatic heterocycles. The van der Waals surface area contributed by atoms with Gasteiger partial charge in [0.15, 0.2) is 0 Å². The second kappa shape index (κ2) is 8.46. The minimum absolute atomic E-state index is 0.300. The van der Waals surface area contributed by atoms with Gasteiger partial charge in [-0.1, -0.05) is 17.7 Å². The normalized spacial score (nSPS) is 10.3. The van der Waals surface area contributed by atoms with E-state index in [9.17, 15) is 9.59 Å². The Morgan fingerprint density at radius 1 is 1.07 bits per heavy atom. The lowest BCUT2D eigenvalue weighted by Crippen LogP contribution is -2.12. The SMILES string of the molecule is COC(=O)c1ccc(NC(=O)c2csc(COc3ccc(C)cc3)n2)cc1. The summed E-state index contributed by atoms with van der Waals surface area (Å²) in [7, 11) is 1.32. The molecular weight excluding hydrogens is 364 g/mol. The van der Waals surface area contributed by atoms with Crippen LogP contribution in [0.15, 0.2) is 53.9 Å². The molecule has 1 N–H and O–H groups in total. The number of aromatic nitrogens is 1. The molecule has 0 radical (unpaired) electrons. The van der Waals surface area contributed by atoms with Crippen LogP contribution in [0, 0.1) is 6.92 Å². The molecule has 0 unspecified atom stereocenters. The van der Waals surface area contributed by atoms with Gasteiger partial charge >= 0.3 is 5.97 Å². The smallest absolute Gasteiger partial charge is 0.337 e. The summed E-state index contributed by atoms with van der Waals surface area (Å²) in [5.74, 6) is 0.0109. The topological polar surface area (TPSA) is 77.5 Å². The molecule has 0 saturated heterocycles. The maximum Gasteiger partial charge on any atom is 0.337 e. The number of ether oxygens (including phenoxy) is 2. The van der Waals surface area contributed by atoms with E-state index >= 15 is 0 Å². The van der Waals surface area contributed by atoms with Crippen LogP contribution in [-0.4, -0.2) is 24.0 Å². The summed E-state index contributed by atoms with van der Waals surface area (Å²) in [5, 5.41) is 5.14. The van der Waals surface area contributed by atoms with Gasteiger partial charge in [-0.15, -0.1) is 11.3 Å². The van der Waals surface area contributed by atoms with Crippen molar-refractivity contribution in [2.45, 2.75) is 13.5 Å². The summed E-state index contributed by atoms with van der Waals surface area (Å²) >= 11 is 1.36. The van der Waals surface area contributed by atoms with Crippen LogP contribution in [0.5, 0.6) is 5.75 Å². The van der Waals surface area contributed by atoms with E-state index in [1.165, 1.54) is 18.4 Å². The van der Waals surface area contributed by atoms with Crippen molar-refractivity contribution in [3.63, 3.8) is 0 Å². The number of hydrogen-bond donors (Lipinski definition) is 1. The van der Waals surface area contributed by atoms with E-state index in [1.54, 1.807) is 29.6 Å². The lowest BCUT2D eigenvalue weighted by Gasteiger charge is -2.05. The highest BCUT2D eigenvalue weighted by atomic mass is 32.1. The summed E-state index contributed by atoms with van der Waals surface area (Å²) in [6.45, 7) is 2.31. The Bertz CT molecular complexity index is 933. The third-order valence-electron chi connectivity index (χ3n) is 3.73. The molecule has 2 aromatic carbocycles. The number of benzene rings is 2. The number of rotatable bonds is 6. The summed E-state index contributed by atoms with van der Waals surface area (Å²) < 4.78 is 10.3. The molecule has 0 saturated carbocycles. The summed E-state index contributed by atoms with van der Waals surface area (Å²) in [4.78, 5) is 28.0. The van der Waals surface area contributed by atoms with E-state index in [1.807, 2.05) is 31.2 Å². The first-order chi connectivity index (χ1) is 13.0. The molecule has 7 heteroatoms. The molecule has 6 nitrogen and oxygen atoms in total. The number of methoxy groups -OCH3 is 1. The summed E-state index contributed by atoms with van der Waals surface area (Å²) in [5.41, 5.74) is 2.47. The van der Waals surface area contributed by atoms with Crippen LogP contribution in [-0.2, 0) is 11.3 Å². The molecule has 1 amide bonds.